The minimum absolute atomic E-state index is 0.111. The lowest BCUT2D eigenvalue weighted by Crippen LogP contribution is -2.49. The molecule has 25 heavy (non-hydrogen) atoms. The number of ether oxygens (including phenoxy) is 2. The van der Waals surface area contributed by atoms with Gasteiger partial charge in [0, 0.05) is 13.0 Å². The molecule has 1 aromatic carbocycles. The molecule has 1 aliphatic carbocycles. The van der Waals surface area contributed by atoms with Gasteiger partial charge in [0.1, 0.15) is 17.6 Å². The summed E-state index contributed by atoms with van der Waals surface area (Å²) in [4.78, 5) is 14.4. The SMILES string of the molecule is CC1CC1c1ccc(CN(C)C(=O)C2Oc3ccccc3OC2C)o1. The van der Waals surface area contributed by atoms with Gasteiger partial charge in [-0.05, 0) is 43.5 Å². The Labute approximate surface area is 147 Å². The number of para-hydroxylation sites is 2. The zero-order valence-corrected chi connectivity index (χ0v) is 14.8. The number of hydrogen-bond donors (Lipinski definition) is 0. The molecule has 2 aromatic rings. The van der Waals surface area contributed by atoms with Gasteiger partial charge in [0.25, 0.3) is 5.91 Å². The molecular weight excluding hydrogens is 318 g/mol. The molecule has 5 heteroatoms. The summed E-state index contributed by atoms with van der Waals surface area (Å²) in [5.74, 6) is 4.25. The monoisotopic (exact) mass is 341 g/mol. The molecule has 4 rings (SSSR count). The number of benzene rings is 1. The molecule has 1 aromatic heterocycles. The standard InChI is InChI=1S/C20H23NO4/c1-12-10-15(12)16-9-8-14(24-16)11-21(3)20(22)19-13(2)23-17-6-4-5-7-18(17)25-19/h4-9,12-13,15,19H,10-11H2,1-3H3. The van der Waals surface area contributed by atoms with Crippen LogP contribution in [0, 0.1) is 5.92 Å². The Morgan fingerprint density at radius 3 is 2.48 bits per heavy atom. The number of hydrogen-bond acceptors (Lipinski definition) is 4. The fourth-order valence-electron chi connectivity index (χ4n) is 3.32. The molecule has 1 amide bonds. The van der Waals surface area contributed by atoms with Crippen molar-refractivity contribution < 1.29 is 18.7 Å². The summed E-state index contributed by atoms with van der Waals surface area (Å²) in [6, 6.07) is 11.4. The maximum Gasteiger partial charge on any atom is 0.267 e. The minimum atomic E-state index is -0.655. The van der Waals surface area contributed by atoms with Crippen molar-refractivity contribution in [1.29, 1.82) is 0 Å². The third kappa shape index (κ3) is 3.11. The number of carbonyl (C=O) groups excluding carboxylic acids is 1. The van der Waals surface area contributed by atoms with Crippen LogP contribution in [0.15, 0.2) is 40.8 Å². The molecule has 0 bridgehead atoms. The van der Waals surface area contributed by atoms with Gasteiger partial charge in [0.2, 0.25) is 6.10 Å². The smallest absolute Gasteiger partial charge is 0.267 e. The Morgan fingerprint density at radius 1 is 1.12 bits per heavy atom. The average Bonchev–Trinajstić information content (AvgIpc) is 3.15. The van der Waals surface area contributed by atoms with E-state index in [-0.39, 0.29) is 12.0 Å². The molecule has 4 unspecified atom stereocenters. The van der Waals surface area contributed by atoms with Crippen molar-refractivity contribution in [1.82, 2.24) is 4.90 Å². The van der Waals surface area contributed by atoms with Crippen LogP contribution in [0.4, 0.5) is 0 Å². The van der Waals surface area contributed by atoms with E-state index in [1.54, 1.807) is 11.9 Å². The van der Waals surface area contributed by atoms with Crippen LogP contribution in [0.5, 0.6) is 11.5 Å². The second-order valence-corrected chi connectivity index (χ2v) is 7.13. The van der Waals surface area contributed by atoms with Crippen molar-refractivity contribution in [2.45, 2.75) is 44.9 Å². The number of fused-ring (bicyclic) bond motifs is 1. The summed E-state index contributed by atoms with van der Waals surface area (Å²) >= 11 is 0. The summed E-state index contributed by atoms with van der Waals surface area (Å²) in [5, 5.41) is 0. The highest BCUT2D eigenvalue weighted by molar-refractivity contribution is 5.82. The number of rotatable bonds is 4. The Bertz CT molecular complexity index is 784. The molecule has 0 N–H and O–H groups in total. The van der Waals surface area contributed by atoms with Crippen molar-refractivity contribution in [3.8, 4) is 11.5 Å². The minimum Gasteiger partial charge on any atom is -0.482 e. The van der Waals surface area contributed by atoms with Crippen molar-refractivity contribution >= 4 is 5.91 Å². The highest BCUT2D eigenvalue weighted by atomic mass is 16.6. The number of nitrogens with zero attached hydrogens (tertiary/aromatic N) is 1. The first-order valence-electron chi connectivity index (χ1n) is 8.79. The summed E-state index contributed by atoms with van der Waals surface area (Å²) in [6.45, 7) is 4.50. The number of likely N-dealkylation sites (N-methyl/N-ethyl adjacent to an activating group) is 1. The number of amides is 1. The van der Waals surface area contributed by atoms with E-state index in [1.807, 2.05) is 43.3 Å². The predicted molar refractivity (Wildman–Crippen MR) is 92.7 cm³/mol. The van der Waals surface area contributed by atoms with Gasteiger partial charge in [0.05, 0.1) is 6.54 Å². The molecule has 132 valence electrons. The van der Waals surface area contributed by atoms with Gasteiger partial charge < -0.3 is 18.8 Å². The first kappa shape index (κ1) is 16.1. The van der Waals surface area contributed by atoms with E-state index >= 15 is 0 Å². The zero-order valence-electron chi connectivity index (χ0n) is 14.8. The van der Waals surface area contributed by atoms with Crippen LogP contribution < -0.4 is 9.47 Å². The van der Waals surface area contributed by atoms with Crippen LogP contribution in [-0.4, -0.2) is 30.1 Å². The van der Waals surface area contributed by atoms with Gasteiger partial charge in [-0.2, -0.15) is 0 Å². The van der Waals surface area contributed by atoms with Crippen molar-refractivity contribution in [3.05, 3.63) is 47.9 Å². The summed E-state index contributed by atoms with van der Waals surface area (Å²) in [7, 11) is 1.76. The van der Waals surface area contributed by atoms with E-state index in [0.717, 1.165) is 11.5 Å². The maximum atomic E-state index is 12.8. The van der Waals surface area contributed by atoms with Gasteiger partial charge in [0.15, 0.2) is 11.5 Å². The zero-order chi connectivity index (χ0) is 17.6. The maximum absolute atomic E-state index is 12.8. The number of furan rings is 1. The third-order valence-electron chi connectivity index (χ3n) is 5.01. The predicted octanol–water partition coefficient (Wildman–Crippen LogP) is 3.59. The van der Waals surface area contributed by atoms with Crippen molar-refractivity contribution in [2.24, 2.45) is 5.92 Å². The van der Waals surface area contributed by atoms with Crippen molar-refractivity contribution in [2.75, 3.05) is 7.05 Å². The van der Waals surface area contributed by atoms with Gasteiger partial charge in [-0.1, -0.05) is 19.1 Å². The molecule has 1 fully saturated rings. The van der Waals surface area contributed by atoms with Crippen LogP contribution in [0.2, 0.25) is 0 Å². The normalized spacial score (nSPS) is 27.0. The quantitative estimate of drug-likeness (QED) is 0.853. The van der Waals surface area contributed by atoms with Crippen LogP contribution >= 0.6 is 0 Å². The molecule has 0 saturated heterocycles. The van der Waals surface area contributed by atoms with E-state index in [2.05, 4.69) is 6.92 Å². The van der Waals surface area contributed by atoms with Gasteiger partial charge in [-0.15, -0.1) is 0 Å². The molecule has 0 spiro atoms. The Hall–Kier alpha value is -2.43. The lowest BCUT2D eigenvalue weighted by Gasteiger charge is -2.33. The molecule has 1 aliphatic heterocycles. The average molecular weight is 341 g/mol. The second-order valence-electron chi connectivity index (χ2n) is 7.13. The fourth-order valence-corrected chi connectivity index (χ4v) is 3.32. The Morgan fingerprint density at radius 2 is 1.80 bits per heavy atom. The second kappa shape index (κ2) is 6.14. The summed E-state index contributed by atoms with van der Waals surface area (Å²) in [5.41, 5.74) is 0. The number of carbonyl (C=O) groups is 1. The fraction of sp³-hybridized carbons (Fsp3) is 0.450. The van der Waals surface area contributed by atoms with E-state index in [4.69, 9.17) is 13.9 Å². The van der Waals surface area contributed by atoms with Gasteiger partial charge >= 0.3 is 0 Å². The highest BCUT2D eigenvalue weighted by Crippen LogP contribution is 2.47. The van der Waals surface area contributed by atoms with Crippen LogP contribution in [0.1, 0.15) is 37.7 Å². The molecule has 2 aliphatic rings. The first-order chi connectivity index (χ1) is 12.0. The van der Waals surface area contributed by atoms with Gasteiger partial charge in [-0.25, -0.2) is 0 Å². The summed E-state index contributed by atoms with van der Waals surface area (Å²) in [6.07, 6.45) is 0.188. The van der Waals surface area contributed by atoms with Crippen molar-refractivity contribution in [3.63, 3.8) is 0 Å². The highest BCUT2D eigenvalue weighted by Gasteiger charge is 2.38. The Balaban J connectivity index is 1.42. The van der Waals surface area contributed by atoms with Crippen LogP contribution in [0.3, 0.4) is 0 Å². The van der Waals surface area contributed by atoms with Crippen LogP contribution in [0.25, 0.3) is 0 Å². The third-order valence-corrected chi connectivity index (χ3v) is 5.01. The molecular formula is C20H23NO4. The van der Waals surface area contributed by atoms with E-state index in [9.17, 15) is 4.79 Å². The lowest BCUT2D eigenvalue weighted by molar-refractivity contribution is -0.143. The molecule has 2 heterocycles. The van der Waals surface area contributed by atoms with Gasteiger partial charge in [-0.3, -0.25) is 4.79 Å². The molecule has 0 radical (unpaired) electrons. The molecule has 5 nitrogen and oxygen atoms in total. The van der Waals surface area contributed by atoms with E-state index < -0.39 is 6.10 Å². The topological polar surface area (TPSA) is 51.9 Å². The lowest BCUT2D eigenvalue weighted by atomic mass is 10.1. The first-order valence-corrected chi connectivity index (χ1v) is 8.79. The van der Waals surface area contributed by atoms with E-state index in [0.29, 0.717) is 29.9 Å². The Kier molecular flexibility index (Phi) is 3.94. The summed E-state index contributed by atoms with van der Waals surface area (Å²) < 4.78 is 17.6. The molecule has 4 atom stereocenters. The van der Waals surface area contributed by atoms with Crippen LogP contribution in [-0.2, 0) is 11.3 Å². The molecule has 1 saturated carbocycles. The largest absolute Gasteiger partial charge is 0.482 e. The van der Waals surface area contributed by atoms with E-state index in [1.165, 1.54) is 6.42 Å².